The Morgan fingerprint density at radius 1 is 0.915 bits per heavy atom. The number of Topliss-reactive ketones (excluding diaryl/α,β-unsaturated/α-hetero) is 1. The normalized spacial score (nSPS) is 23.3. The third kappa shape index (κ3) is 9.92. The zero-order valence-electron chi connectivity index (χ0n) is 30.0. The van der Waals surface area contributed by atoms with E-state index in [0.717, 1.165) is 32.1 Å². The SMILES string of the molecule is CC(C)[C@@H]1C[C@@H](C(=O)NC(CC2CCC2)C(=O)C(N)=O)N(C(=O)[C@@H](NC(=O)N[C@H](C(=O)OC(C)(C)C)C(C)(C)C)C2(C)CCCC2)C1. The minimum Gasteiger partial charge on any atom is -0.458 e. The van der Waals surface area contributed by atoms with Crippen molar-refractivity contribution in [1.29, 1.82) is 0 Å². The molecule has 1 saturated heterocycles. The molecule has 0 aromatic rings. The molecule has 1 heterocycles. The summed E-state index contributed by atoms with van der Waals surface area (Å²) < 4.78 is 5.60. The van der Waals surface area contributed by atoms with Crippen LogP contribution >= 0.6 is 0 Å². The predicted octanol–water partition coefficient (Wildman–Crippen LogP) is 3.59. The van der Waals surface area contributed by atoms with Crippen molar-refractivity contribution >= 4 is 35.5 Å². The van der Waals surface area contributed by atoms with E-state index in [0.29, 0.717) is 32.2 Å². The molecule has 5 amide bonds. The molecule has 12 heteroatoms. The second-order valence-electron chi connectivity index (χ2n) is 16.8. The van der Waals surface area contributed by atoms with Crippen LogP contribution in [0.2, 0.25) is 0 Å². The molecule has 0 radical (unpaired) electrons. The quantitative estimate of drug-likeness (QED) is 0.182. The smallest absolute Gasteiger partial charge is 0.329 e. The van der Waals surface area contributed by atoms with E-state index < -0.39 is 70.2 Å². The Bertz CT molecular complexity index is 1190. The number of likely N-dealkylation sites (tertiary alicyclic amines) is 1. The summed E-state index contributed by atoms with van der Waals surface area (Å²) in [6, 6.07) is -4.56. The highest BCUT2D eigenvalue weighted by Crippen LogP contribution is 2.42. The van der Waals surface area contributed by atoms with Gasteiger partial charge in [-0.2, -0.15) is 0 Å². The number of carbonyl (C=O) groups excluding carboxylic acids is 6. The molecule has 2 saturated carbocycles. The van der Waals surface area contributed by atoms with E-state index in [9.17, 15) is 28.8 Å². The summed E-state index contributed by atoms with van der Waals surface area (Å²) in [5, 5.41) is 8.48. The van der Waals surface area contributed by atoms with Crippen molar-refractivity contribution in [2.45, 2.75) is 150 Å². The van der Waals surface area contributed by atoms with Gasteiger partial charge in [0.15, 0.2) is 0 Å². The minimum absolute atomic E-state index is 0.00919. The largest absolute Gasteiger partial charge is 0.458 e. The average Bonchev–Trinajstić information content (AvgIpc) is 3.57. The van der Waals surface area contributed by atoms with Gasteiger partial charge in [0.2, 0.25) is 17.6 Å². The highest BCUT2D eigenvalue weighted by molar-refractivity contribution is 6.37. The van der Waals surface area contributed by atoms with E-state index in [1.165, 1.54) is 0 Å². The van der Waals surface area contributed by atoms with Crippen molar-refractivity contribution < 1.29 is 33.5 Å². The van der Waals surface area contributed by atoms with Crippen LogP contribution in [0.1, 0.15) is 120 Å². The summed E-state index contributed by atoms with van der Waals surface area (Å²) in [5.41, 5.74) is 3.32. The van der Waals surface area contributed by atoms with Crippen LogP contribution in [0, 0.1) is 28.6 Å². The fourth-order valence-corrected chi connectivity index (χ4v) is 7.04. The maximum Gasteiger partial charge on any atom is 0.329 e. The monoisotopic (exact) mass is 661 g/mol. The van der Waals surface area contributed by atoms with Gasteiger partial charge in [-0.15, -0.1) is 0 Å². The lowest BCUT2D eigenvalue weighted by Crippen LogP contribution is -2.62. The Labute approximate surface area is 280 Å². The van der Waals surface area contributed by atoms with Crippen LogP contribution in [-0.2, 0) is 28.7 Å². The van der Waals surface area contributed by atoms with Gasteiger partial charge in [0.05, 0.1) is 6.04 Å². The summed E-state index contributed by atoms with van der Waals surface area (Å²) in [6.45, 7) is 17.1. The Morgan fingerprint density at radius 3 is 1.98 bits per heavy atom. The first-order chi connectivity index (χ1) is 21.6. The van der Waals surface area contributed by atoms with Crippen LogP contribution in [0.5, 0.6) is 0 Å². The molecule has 3 fully saturated rings. The molecule has 3 rings (SSSR count). The number of nitrogens with one attached hydrogen (secondary N) is 3. The molecule has 266 valence electrons. The Morgan fingerprint density at radius 2 is 1.51 bits per heavy atom. The summed E-state index contributed by atoms with van der Waals surface area (Å²) in [5.74, 6) is -3.00. The van der Waals surface area contributed by atoms with Crippen molar-refractivity contribution in [1.82, 2.24) is 20.9 Å². The number of primary amides is 1. The van der Waals surface area contributed by atoms with E-state index in [1.807, 2.05) is 41.5 Å². The lowest BCUT2D eigenvalue weighted by Gasteiger charge is -2.39. The molecule has 0 bridgehead atoms. The van der Waals surface area contributed by atoms with Crippen LogP contribution in [0.25, 0.3) is 0 Å². The van der Waals surface area contributed by atoms with Crippen molar-refractivity contribution in [3.05, 3.63) is 0 Å². The van der Waals surface area contributed by atoms with Gasteiger partial charge in [-0.1, -0.05) is 73.6 Å². The molecule has 3 aliphatic rings. The molecule has 12 nitrogen and oxygen atoms in total. The molecule has 0 spiro atoms. The number of ketones is 1. The molecule has 0 aromatic heterocycles. The van der Waals surface area contributed by atoms with Gasteiger partial charge in [-0.25, -0.2) is 9.59 Å². The van der Waals surface area contributed by atoms with Crippen LogP contribution in [0.15, 0.2) is 0 Å². The number of nitrogens with two attached hydrogens (primary N) is 1. The van der Waals surface area contributed by atoms with Crippen LogP contribution in [0.4, 0.5) is 4.79 Å². The van der Waals surface area contributed by atoms with Crippen molar-refractivity contribution in [3.8, 4) is 0 Å². The summed E-state index contributed by atoms with van der Waals surface area (Å²) in [6.07, 6.45) is 6.77. The lowest BCUT2D eigenvalue weighted by atomic mass is 9.79. The highest BCUT2D eigenvalue weighted by atomic mass is 16.6. The van der Waals surface area contributed by atoms with Gasteiger partial charge in [0.1, 0.15) is 23.7 Å². The number of hydrogen-bond donors (Lipinski definition) is 4. The third-order valence-electron chi connectivity index (χ3n) is 10.3. The topological polar surface area (TPSA) is 177 Å². The fourth-order valence-electron chi connectivity index (χ4n) is 7.04. The van der Waals surface area contributed by atoms with Gasteiger partial charge in [-0.3, -0.25) is 19.2 Å². The highest BCUT2D eigenvalue weighted by Gasteiger charge is 2.50. The Kier molecular flexibility index (Phi) is 12.2. The lowest BCUT2D eigenvalue weighted by molar-refractivity contribution is -0.160. The summed E-state index contributed by atoms with van der Waals surface area (Å²) >= 11 is 0. The van der Waals surface area contributed by atoms with E-state index in [1.54, 1.807) is 25.7 Å². The minimum atomic E-state index is -1.10. The number of hydrogen-bond acceptors (Lipinski definition) is 7. The van der Waals surface area contributed by atoms with E-state index >= 15 is 0 Å². The standard InChI is InChI=1S/C35H59N5O7/c1-20(2)22-18-24(29(43)37-23(25(41)28(36)42)17-21-13-12-14-21)40(19-22)30(44)26(35(9)15-10-11-16-35)38-32(46)39-27(33(3,4)5)31(45)47-34(6,7)8/h20-24,26-27H,10-19H2,1-9H3,(H2,36,42)(H,37,43)(H2,38,39,46)/t22-,23?,24+,26-,27-/m1/s1. The number of carbonyl (C=O) groups is 6. The molecule has 0 aromatic carbocycles. The van der Waals surface area contributed by atoms with Crippen LogP contribution in [-0.4, -0.2) is 76.7 Å². The summed E-state index contributed by atoms with van der Waals surface area (Å²) in [7, 11) is 0. The molecule has 1 unspecified atom stereocenters. The zero-order chi connectivity index (χ0) is 35.5. The Balaban J connectivity index is 1.89. The number of ether oxygens (including phenoxy) is 1. The number of urea groups is 1. The fraction of sp³-hybridized carbons (Fsp3) is 0.829. The first kappa shape index (κ1) is 38.3. The average molecular weight is 662 g/mol. The first-order valence-electron chi connectivity index (χ1n) is 17.4. The third-order valence-corrected chi connectivity index (χ3v) is 10.3. The van der Waals surface area contributed by atoms with Gasteiger partial charge in [-0.05, 0) is 75.0 Å². The van der Waals surface area contributed by atoms with Gasteiger partial charge in [0.25, 0.3) is 5.91 Å². The van der Waals surface area contributed by atoms with Crippen molar-refractivity contribution in [3.63, 3.8) is 0 Å². The van der Waals surface area contributed by atoms with Gasteiger partial charge >= 0.3 is 12.0 Å². The zero-order valence-corrected chi connectivity index (χ0v) is 30.0. The molecule has 47 heavy (non-hydrogen) atoms. The number of rotatable bonds is 12. The maximum atomic E-state index is 14.6. The van der Waals surface area contributed by atoms with Crippen LogP contribution < -0.4 is 21.7 Å². The molecule has 5 atom stereocenters. The Hall–Kier alpha value is -3.18. The van der Waals surface area contributed by atoms with Crippen molar-refractivity contribution in [2.75, 3.05) is 6.54 Å². The van der Waals surface area contributed by atoms with Gasteiger partial charge in [0, 0.05) is 6.54 Å². The second kappa shape index (κ2) is 14.9. The second-order valence-corrected chi connectivity index (χ2v) is 16.8. The molecule has 2 aliphatic carbocycles. The maximum absolute atomic E-state index is 14.6. The predicted molar refractivity (Wildman–Crippen MR) is 178 cm³/mol. The first-order valence-corrected chi connectivity index (χ1v) is 17.4. The molecule has 5 N–H and O–H groups in total. The number of amides is 5. The number of esters is 1. The van der Waals surface area contributed by atoms with E-state index in [-0.39, 0.29) is 23.7 Å². The molecule has 1 aliphatic heterocycles. The van der Waals surface area contributed by atoms with E-state index in [2.05, 4.69) is 16.0 Å². The summed E-state index contributed by atoms with van der Waals surface area (Å²) in [4.78, 5) is 81.4. The molecular weight excluding hydrogens is 602 g/mol. The van der Waals surface area contributed by atoms with Gasteiger partial charge < -0.3 is 31.3 Å². The van der Waals surface area contributed by atoms with Crippen LogP contribution in [0.3, 0.4) is 0 Å². The molecular formula is C35H59N5O7. The number of nitrogens with zero attached hydrogens (tertiary/aromatic N) is 1. The van der Waals surface area contributed by atoms with Crippen molar-refractivity contribution in [2.24, 2.45) is 34.3 Å². The van der Waals surface area contributed by atoms with E-state index in [4.69, 9.17) is 10.5 Å².